The van der Waals surface area contributed by atoms with Gasteiger partial charge in [0.05, 0.1) is 13.2 Å². The Labute approximate surface area is 172 Å². The number of nitrogens with zero attached hydrogens (tertiary/aromatic N) is 1. The molecule has 1 amide bonds. The lowest BCUT2D eigenvalue weighted by atomic mass is 9.99. The molecular formula is C25H27NO3. The highest BCUT2D eigenvalue weighted by Crippen LogP contribution is 2.21. The zero-order valence-electron chi connectivity index (χ0n) is 16.6. The molecule has 0 radical (unpaired) electrons. The highest BCUT2D eigenvalue weighted by Gasteiger charge is 2.24. The molecule has 4 heteroatoms. The number of hydrogen-bond acceptors (Lipinski definition) is 3. The van der Waals surface area contributed by atoms with E-state index in [0.717, 1.165) is 37.1 Å². The van der Waals surface area contributed by atoms with Crippen LogP contribution in [0.15, 0.2) is 72.8 Å². The van der Waals surface area contributed by atoms with Crippen LogP contribution in [-0.2, 0) is 16.1 Å². The molecule has 0 saturated carbocycles. The van der Waals surface area contributed by atoms with Crippen LogP contribution in [0.1, 0.15) is 18.4 Å². The predicted octanol–water partition coefficient (Wildman–Crippen LogP) is 4.67. The lowest BCUT2D eigenvalue weighted by molar-refractivity contribution is -0.135. The van der Waals surface area contributed by atoms with Crippen LogP contribution >= 0.6 is 0 Å². The molecule has 1 atom stereocenters. The first kappa shape index (κ1) is 19.5. The van der Waals surface area contributed by atoms with Crippen LogP contribution in [-0.4, -0.2) is 37.1 Å². The van der Waals surface area contributed by atoms with E-state index < -0.39 is 0 Å². The van der Waals surface area contributed by atoms with E-state index in [4.69, 9.17) is 9.47 Å². The molecule has 0 aliphatic carbocycles. The third-order valence-corrected chi connectivity index (χ3v) is 5.42. The Morgan fingerprint density at radius 3 is 2.62 bits per heavy atom. The maximum atomic E-state index is 12.6. The van der Waals surface area contributed by atoms with Crippen molar-refractivity contribution in [1.29, 1.82) is 0 Å². The molecule has 0 bridgehead atoms. The van der Waals surface area contributed by atoms with Crippen molar-refractivity contribution in [3.05, 3.63) is 78.4 Å². The van der Waals surface area contributed by atoms with Gasteiger partial charge in [0.2, 0.25) is 0 Å². The Kier molecular flexibility index (Phi) is 6.42. The van der Waals surface area contributed by atoms with Crippen LogP contribution in [0.25, 0.3) is 10.8 Å². The number of rotatable bonds is 7. The first-order valence-corrected chi connectivity index (χ1v) is 10.3. The van der Waals surface area contributed by atoms with Crippen molar-refractivity contribution in [2.75, 3.05) is 26.3 Å². The Morgan fingerprint density at radius 2 is 1.76 bits per heavy atom. The van der Waals surface area contributed by atoms with Gasteiger partial charge in [-0.25, -0.2) is 0 Å². The van der Waals surface area contributed by atoms with Crippen molar-refractivity contribution in [2.24, 2.45) is 5.92 Å². The summed E-state index contributed by atoms with van der Waals surface area (Å²) in [5.41, 5.74) is 1.18. The first-order valence-electron chi connectivity index (χ1n) is 10.3. The van der Waals surface area contributed by atoms with Crippen LogP contribution in [0, 0.1) is 5.92 Å². The van der Waals surface area contributed by atoms with Crippen molar-refractivity contribution in [2.45, 2.75) is 19.4 Å². The summed E-state index contributed by atoms with van der Waals surface area (Å²) in [5, 5.41) is 2.28. The zero-order chi connectivity index (χ0) is 19.9. The number of hydrogen-bond donors (Lipinski definition) is 0. The zero-order valence-corrected chi connectivity index (χ0v) is 16.6. The maximum absolute atomic E-state index is 12.6. The summed E-state index contributed by atoms with van der Waals surface area (Å²) in [7, 11) is 0. The summed E-state index contributed by atoms with van der Waals surface area (Å²) in [6, 6.07) is 24.3. The molecule has 1 aliphatic rings. The average Bonchev–Trinajstić information content (AvgIpc) is 2.78. The fourth-order valence-corrected chi connectivity index (χ4v) is 3.84. The third-order valence-electron chi connectivity index (χ3n) is 5.42. The van der Waals surface area contributed by atoms with Gasteiger partial charge in [0, 0.05) is 13.1 Å². The van der Waals surface area contributed by atoms with E-state index in [-0.39, 0.29) is 12.5 Å². The summed E-state index contributed by atoms with van der Waals surface area (Å²) >= 11 is 0. The number of ether oxygens (including phenoxy) is 2. The van der Waals surface area contributed by atoms with E-state index in [9.17, 15) is 4.79 Å². The van der Waals surface area contributed by atoms with Gasteiger partial charge >= 0.3 is 0 Å². The molecule has 4 nitrogen and oxygen atoms in total. The highest BCUT2D eigenvalue weighted by atomic mass is 16.5. The molecule has 4 rings (SSSR count). The summed E-state index contributed by atoms with van der Waals surface area (Å²) < 4.78 is 11.7. The monoisotopic (exact) mass is 389 g/mol. The Balaban J connectivity index is 1.24. The molecule has 0 N–H and O–H groups in total. The number of benzene rings is 3. The number of carbonyl (C=O) groups is 1. The fourth-order valence-electron chi connectivity index (χ4n) is 3.84. The van der Waals surface area contributed by atoms with Crippen LogP contribution < -0.4 is 4.74 Å². The topological polar surface area (TPSA) is 38.8 Å². The van der Waals surface area contributed by atoms with E-state index in [1.54, 1.807) is 0 Å². The molecule has 3 aromatic rings. The predicted molar refractivity (Wildman–Crippen MR) is 115 cm³/mol. The summed E-state index contributed by atoms with van der Waals surface area (Å²) in [6.07, 6.45) is 2.12. The van der Waals surface area contributed by atoms with Gasteiger partial charge in [0.25, 0.3) is 5.91 Å². The van der Waals surface area contributed by atoms with E-state index in [2.05, 4.69) is 24.3 Å². The SMILES string of the molecule is O=C(COc1ccc2ccccc2c1)N1CCCC(COCc2ccccc2)C1. The second-order valence-electron chi connectivity index (χ2n) is 7.65. The van der Waals surface area contributed by atoms with Gasteiger partial charge < -0.3 is 14.4 Å². The van der Waals surface area contributed by atoms with Gasteiger partial charge in [-0.2, -0.15) is 0 Å². The Bertz CT molecular complexity index is 941. The van der Waals surface area contributed by atoms with E-state index in [1.807, 2.05) is 53.4 Å². The van der Waals surface area contributed by atoms with Crippen LogP contribution in [0.2, 0.25) is 0 Å². The fraction of sp³-hybridized carbons (Fsp3) is 0.320. The number of likely N-dealkylation sites (tertiary alicyclic amines) is 1. The Morgan fingerprint density at radius 1 is 0.966 bits per heavy atom. The van der Waals surface area contributed by atoms with Crippen LogP contribution in [0.3, 0.4) is 0 Å². The lowest BCUT2D eigenvalue weighted by Gasteiger charge is -2.32. The maximum Gasteiger partial charge on any atom is 0.260 e. The number of carbonyl (C=O) groups excluding carboxylic acids is 1. The standard InChI is InChI=1S/C25H27NO3/c27-25(19-29-24-13-12-22-10-4-5-11-23(22)15-24)26-14-6-9-21(16-26)18-28-17-20-7-2-1-3-8-20/h1-5,7-8,10-13,15,21H,6,9,14,16-19H2. The van der Waals surface area contributed by atoms with Gasteiger partial charge in [-0.05, 0) is 47.2 Å². The number of fused-ring (bicyclic) bond motifs is 1. The minimum atomic E-state index is 0.0471. The van der Waals surface area contributed by atoms with E-state index in [1.165, 1.54) is 10.9 Å². The molecule has 29 heavy (non-hydrogen) atoms. The molecule has 1 aliphatic heterocycles. The van der Waals surface area contributed by atoms with Crippen molar-refractivity contribution in [1.82, 2.24) is 4.90 Å². The lowest BCUT2D eigenvalue weighted by Crippen LogP contribution is -2.43. The van der Waals surface area contributed by atoms with Crippen LogP contribution in [0.4, 0.5) is 0 Å². The van der Waals surface area contributed by atoms with Crippen molar-refractivity contribution >= 4 is 16.7 Å². The van der Waals surface area contributed by atoms with Gasteiger partial charge in [0.15, 0.2) is 6.61 Å². The second-order valence-corrected chi connectivity index (χ2v) is 7.65. The molecule has 150 valence electrons. The van der Waals surface area contributed by atoms with E-state index in [0.29, 0.717) is 19.1 Å². The molecule has 1 heterocycles. The van der Waals surface area contributed by atoms with Gasteiger partial charge in [0.1, 0.15) is 5.75 Å². The van der Waals surface area contributed by atoms with Crippen molar-refractivity contribution < 1.29 is 14.3 Å². The summed E-state index contributed by atoms with van der Waals surface area (Å²) in [4.78, 5) is 14.6. The normalized spacial score (nSPS) is 16.7. The Hall–Kier alpha value is -2.85. The highest BCUT2D eigenvalue weighted by molar-refractivity contribution is 5.84. The number of amides is 1. The first-order chi connectivity index (χ1) is 14.3. The molecule has 0 aromatic heterocycles. The smallest absolute Gasteiger partial charge is 0.260 e. The quantitative estimate of drug-likeness (QED) is 0.589. The average molecular weight is 389 g/mol. The van der Waals surface area contributed by atoms with Gasteiger partial charge in [-0.1, -0.05) is 60.7 Å². The largest absolute Gasteiger partial charge is 0.484 e. The second kappa shape index (κ2) is 9.57. The molecule has 3 aromatic carbocycles. The van der Waals surface area contributed by atoms with Crippen molar-refractivity contribution in [3.8, 4) is 5.75 Å². The van der Waals surface area contributed by atoms with Gasteiger partial charge in [-0.3, -0.25) is 4.79 Å². The number of piperidine rings is 1. The third kappa shape index (κ3) is 5.36. The van der Waals surface area contributed by atoms with Crippen LogP contribution in [0.5, 0.6) is 5.75 Å². The van der Waals surface area contributed by atoms with E-state index >= 15 is 0 Å². The van der Waals surface area contributed by atoms with Crippen molar-refractivity contribution in [3.63, 3.8) is 0 Å². The molecule has 1 saturated heterocycles. The molecular weight excluding hydrogens is 362 g/mol. The molecule has 1 fully saturated rings. The van der Waals surface area contributed by atoms with Gasteiger partial charge in [-0.15, -0.1) is 0 Å². The molecule has 0 spiro atoms. The molecule has 1 unspecified atom stereocenters. The summed E-state index contributed by atoms with van der Waals surface area (Å²) in [6.45, 7) is 2.93. The summed E-state index contributed by atoms with van der Waals surface area (Å²) in [5.74, 6) is 1.17. The minimum Gasteiger partial charge on any atom is -0.484 e. The minimum absolute atomic E-state index is 0.0471.